The molecule has 0 aromatic rings. The van der Waals surface area contributed by atoms with E-state index in [1.807, 2.05) is 0 Å². The number of carboxylic acid groups (broad SMARTS) is 1. The number of carboxylic acids is 1. The SMILES string of the molecule is C=C1CC(C(=O)O)CC(=O)O1. The van der Waals surface area contributed by atoms with Crippen molar-refractivity contribution in [1.29, 1.82) is 0 Å². The van der Waals surface area contributed by atoms with Crippen LogP contribution in [0.2, 0.25) is 0 Å². The fourth-order valence-electron chi connectivity index (χ4n) is 0.967. The molecule has 1 atom stereocenters. The Kier molecular flexibility index (Phi) is 1.94. The van der Waals surface area contributed by atoms with Crippen LogP contribution in [0.4, 0.5) is 0 Å². The van der Waals surface area contributed by atoms with Gasteiger partial charge in [-0.05, 0) is 0 Å². The summed E-state index contributed by atoms with van der Waals surface area (Å²) in [6, 6.07) is 0. The van der Waals surface area contributed by atoms with Gasteiger partial charge in [0.25, 0.3) is 0 Å². The van der Waals surface area contributed by atoms with Crippen LogP contribution in [-0.4, -0.2) is 17.0 Å². The molecule has 11 heavy (non-hydrogen) atoms. The third-order valence-electron chi connectivity index (χ3n) is 1.49. The molecular weight excluding hydrogens is 148 g/mol. The first kappa shape index (κ1) is 7.78. The predicted octanol–water partition coefficient (Wildman–Crippen LogP) is 0.538. The van der Waals surface area contributed by atoms with Gasteiger partial charge in [0.2, 0.25) is 0 Å². The molecule has 60 valence electrons. The van der Waals surface area contributed by atoms with Gasteiger partial charge in [-0.25, -0.2) is 0 Å². The molecule has 0 bridgehead atoms. The number of esters is 1. The van der Waals surface area contributed by atoms with Crippen molar-refractivity contribution in [2.75, 3.05) is 0 Å². The maximum Gasteiger partial charge on any atom is 0.311 e. The molecule has 1 fully saturated rings. The fraction of sp³-hybridized carbons (Fsp3) is 0.429. The number of hydrogen-bond acceptors (Lipinski definition) is 3. The maximum atomic E-state index is 10.6. The van der Waals surface area contributed by atoms with Crippen molar-refractivity contribution in [3.8, 4) is 0 Å². The first-order valence-electron chi connectivity index (χ1n) is 3.21. The average Bonchev–Trinajstić information content (AvgIpc) is 1.85. The first-order chi connectivity index (χ1) is 5.09. The summed E-state index contributed by atoms with van der Waals surface area (Å²) in [5.74, 6) is -1.88. The van der Waals surface area contributed by atoms with Crippen molar-refractivity contribution < 1.29 is 19.4 Å². The van der Waals surface area contributed by atoms with Crippen LogP contribution in [0.1, 0.15) is 12.8 Å². The number of aliphatic carboxylic acids is 1. The second-order valence-corrected chi connectivity index (χ2v) is 2.46. The summed E-state index contributed by atoms with van der Waals surface area (Å²) < 4.78 is 4.57. The lowest BCUT2D eigenvalue weighted by atomic mass is 9.99. The van der Waals surface area contributed by atoms with Crippen LogP contribution in [0.15, 0.2) is 12.3 Å². The predicted molar refractivity (Wildman–Crippen MR) is 35.6 cm³/mol. The van der Waals surface area contributed by atoms with Gasteiger partial charge in [0, 0.05) is 6.42 Å². The van der Waals surface area contributed by atoms with Gasteiger partial charge in [-0.15, -0.1) is 0 Å². The minimum Gasteiger partial charge on any atom is -0.481 e. The molecule has 1 rings (SSSR count). The largest absolute Gasteiger partial charge is 0.481 e. The molecule has 4 heteroatoms. The van der Waals surface area contributed by atoms with Gasteiger partial charge < -0.3 is 9.84 Å². The van der Waals surface area contributed by atoms with Gasteiger partial charge in [-0.2, -0.15) is 0 Å². The van der Waals surface area contributed by atoms with Crippen molar-refractivity contribution in [1.82, 2.24) is 0 Å². The Hall–Kier alpha value is -1.32. The van der Waals surface area contributed by atoms with E-state index in [9.17, 15) is 9.59 Å². The Labute approximate surface area is 63.5 Å². The third kappa shape index (κ3) is 1.80. The number of allylic oxidation sites excluding steroid dienone is 1. The zero-order chi connectivity index (χ0) is 8.43. The van der Waals surface area contributed by atoms with Gasteiger partial charge in [-0.1, -0.05) is 6.58 Å². The third-order valence-corrected chi connectivity index (χ3v) is 1.49. The summed E-state index contributed by atoms with van der Waals surface area (Å²) in [7, 11) is 0. The van der Waals surface area contributed by atoms with Crippen molar-refractivity contribution in [2.45, 2.75) is 12.8 Å². The van der Waals surface area contributed by atoms with Crippen LogP contribution in [-0.2, 0) is 14.3 Å². The summed E-state index contributed by atoms with van der Waals surface area (Å²) in [5.41, 5.74) is 0. The van der Waals surface area contributed by atoms with Crippen molar-refractivity contribution in [3.63, 3.8) is 0 Å². The lowest BCUT2D eigenvalue weighted by molar-refractivity contribution is -0.153. The molecule has 0 aliphatic carbocycles. The van der Waals surface area contributed by atoms with Crippen LogP contribution >= 0.6 is 0 Å². The molecular formula is C7H8O4. The zero-order valence-electron chi connectivity index (χ0n) is 5.87. The van der Waals surface area contributed by atoms with Crippen LogP contribution in [0.5, 0.6) is 0 Å². The van der Waals surface area contributed by atoms with Gasteiger partial charge in [-0.3, -0.25) is 9.59 Å². The minimum atomic E-state index is -0.970. The van der Waals surface area contributed by atoms with E-state index in [1.165, 1.54) is 0 Å². The Balaban J connectivity index is 2.63. The summed E-state index contributed by atoms with van der Waals surface area (Å²) >= 11 is 0. The van der Waals surface area contributed by atoms with Gasteiger partial charge in [0.15, 0.2) is 0 Å². The summed E-state index contributed by atoms with van der Waals surface area (Å²) in [6.07, 6.45) is 0.190. The Morgan fingerprint density at radius 2 is 2.27 bits per heavy atom. The van der Waals surface area contributed by atoms with E-state index in [4.69, 9.17) is 5.11 Å². The summed E-state index contributed by atoms with van der Waals surface area (Å²) in [5, 5.41) is 8.52. The quantitative estimate of drug-likeness (QED) is 0.562. The average molecular weight is 156 g/mol. The normalized spacial score (nSPS) is 24.5. The molecule has 1 unspecified atom stereocenters. The lowest BCUT2D eigenvalue weighted by Crippen LogP contribution is -2.25. The number of hydrogen-bond donors (Lipinski definition) is 1. The fourth-order valence-corrected chi connectivity index (χ4v) is 0.967. The molecule has 0 saturated carbocycles. The molecule has 1 saturated heterocycles. The summed E-state index contributed by atoms with van der Waals surface area (Å²) in [4.78, 5) is 21.0. The number of rotatable bonds is 1. The standard InChI is InChI=1S/C7H8O4/c1-4-2-5(7(9)10)3-6(8)11-4/h5H,1-3H2,(H,9,10). The smallest absolute Gasteiger partial charge is 0.311 e. The first-order valence-corrected chi connectivity index (χ1v) is 3.21. The molecule has 0 radical (unpaired) electrons. The second-order valence-electron chi connectivity index (χ2n) is 2.46. The minimum absolute atomic E-state index is 0.0473. The van der Waals surface area contributed by atoms with Crippen LogP contribution < -0.4 is 0 Å². The monoisotopic (exact) mass is 156 g/mol. The van der Waals surface area contributed by atoms with Crippen molar-refractivity contribution in [3.05, 3.63) is 12.3 Å². The maximum absolute atomic E-state index is 10.6. The second kappa shape index (κ2) is 2.74. The highest BCUT2D eigenvalue weighted by atomic mass is 16.5. The molecule has 0 aromatic carbocycles. The number of carbonyl (C=O) groups is 2. The van der Waals surface area contributed by atoms with Gasteiger partial charge in [0.05, 0.1) is 12.3 Å². The van der Waals surface area contributed by atoms with Crippen molar-refractivity contribution in [2.24, 2.45) is 5.92 Å². The van der Waals surface area contributed by atoms with Gasteiger partial charge >= 0.3 is 11.9 Å². The van der Waals surface area contributed by atoms with Crippen molar-refractivity contribution >= 4 is 11.9 Å². The van der Waals surface area contributed by atoms with E-state index in [1.54, 1.807) is 0 Å². The number of cyclic esters (lactones) is 1. The Morgan fingerprint density at radius 3 is 2.73 bits per heavy atom. The van der Waals surface area contributed by atoms with E-state index in [0.29, 0.717) is 0 Å². The van der Waals surface area contributed by atoms with E-state index >= 15 is 0 Å². The van der Waals surface area contributed by atoms with E-state index in [2.05, 4.69) is 11.3 Å². The number of carbonyl (C=O) groups excluding carboxylic acids is 1. The topological polar surface area (TPSA) is 63.6 Å². The summed E-state index contributed by atoms with van der Waals surface area (Å²) in [6.45, 7) is 3.39. The molecule has 1 N–H and O–H groups in total. The molecule has 1 aliphatic rings. The highest BCUT2D eigenvalue weighted by molar-refractivity contribution is 5.80. The lowest BCUT2D eigenvalue weighted by Gasteiger charge is -2.18. The number of ether oxygens (including phenoxy) is 1. The molecule has 0 spiro atoms. The Morgan fingerprint density at radius 1 is 1.64 bits per heavy atom. The van der Waals surface area contributed by atoms with Crippen LogP contribution in [0.3, 0.4) is 0 Å². The van der Waals surface area contributed by atoms with Crippen LogP contribution in [0, 0.1) is 5.92 Å². The van der Waals surface area contributed by atoms with Crippen LogP contribution in [0.25, 0.3) is 0 Å². The van der Waals surface area contributed by atoms with E-state index < -0.39 is 17.9 Å². The molecule has 1 heterocycles. The van der Waals surface area contributed by atoms with E-state index in [-0.39, 0.29) is 18.6 Å². The van der Waals surface area contributed by atoms with Gasteiger partial charge in [0.1, 0.15) is 5.76 Å². The zero-order valence-corrected chi connectivity index (χ0v) is 5.87. The molecule has 4 nitrogen and oxygen atoms in total. The Bertz CT molecular complexity index is 202. The van der Waals surface area contributed by atoms with E-state index in [0.717, 1.165) is 0 Å². The highest BCUT2D eigenvalue weighted by Crippen LogP contribution is 2.22. The molecule has 0 aromatic heterocycles. The highest BCUT2D eigenvalue weighted by Gasteiger charge is 2.28. The molecule has 1 aliphatic heterocycles. The molecule has 0 amide bonds.